The Morgan fingerprint density at radius 1 is 1.56 bits per heavy atom. The lowest BCUT2D eigenvalue weighted by Gasteiger charge is -2.04. The maximum Gasteiger partial charge on any atom is 0.285 e. The number of nitrogens with zero attached hydrogens (tertiary/aromatic N) is 2. The number of nitrogens with one attached hydrogen (secondary N) is 1. The summed E-state index contributed by atoms with van der Waals surface area (Å²) in [7, 11) is 0. The van der Waals surface area contributed by atoms with E-state index in [0.717, 1.165) is 7.89 Å². The van der Waals surface area contributed by atoms with Crippen LogP contribution >= 0.6 is 49.9 Å². The number of hydrogen-bond acceptors (Lipinski definition) is 5. The van der Waals surface area contributed by atoms with Crippen molar-refractivity contribution >= 4 is 61.2 Å². The fourth-order valence-electron chi connectivity index (χ4n) is 1.31. The van der Waals surface area contributed by atoms with Gasteiger partial charge in [0.05, 0.1) is 25.0 Å². The maximum atomic E-state index is 10.8. The zero-order valence-electron chi connectivity index (χ0n) is 8.89. The van der Waals surface area contributed by atoms with Gasteiger partial charge in [-0.15, -0.1) is 11.3 Å². The monoisotopic (exact) mass is 439 g/mol. The molecule has 0 unspecified atom stereocenters. The largest absolute Gasteiger partial charge is 0.378 e. The molecule has 18 heavy (non-hydrogen) atoms. The number of anilines is 1. The minimum atomic E-state index is -0.415. The molecular weight excluding hydrogens is 433 g/mol. The molecule has 0 saturated heterocycles. The van der Waals surface area contributed by atoms with E-state index in [1.165, 1.54) is 6.07 Å². The smallest absolute Gasteiger partial charge is 0.285 e. The van der Waals surface area contributed by atoms with Crippen LogP contribution in [0, 0.1) is 13.0 Å². The van der Waals surface area contributed by atoms with E-state index in [2.05, 4.69) is 48.8 Å². The van der Waals surface area contributed by atoms with Crippen LogP contribution < -0.4 is 5.32 Å². The van der Waals surface area contributed by atoms with E-state index in [0.29, 0.717) is 16.7 Å². The number of nitro groups is 1. The van der Waals surface area contributed by atoms with Crippen LogP contribution in [0.25, 0.3) is 0 Å². The summed E-state index contributed by atoms with van der Waals surface area (Å²) in [6, 6.07) is 4.95. The molecule has 0 spiro atoms. The van der Waals surface area contributed by atoms with E-state index in [-0.39, 0.29) is 5.69 Å². The predicted molar refractivity (Wildman–Crippen MR) is 83.0 cm³/mol. The third kappa shape index (κ3) is 3.39. The highest BCUT2D eigenvalue weighted by molar-refractivity contribution is 14.1. The lowest BCUT2D eigenvalue weighted by molar-refractivity contribution is -0.385. The molecule has 94 valence electrons. The van der Waals surface area contributed by atoms with Crippen molar-refractivity contribution in [3.8, 4) is 0 Å². The first-order chi connectivity index (χ1) is 8.56. The van der Waals surface area contributed by atoms with Crippen molar-refractivity contribution in [2.24, 2.45) is 0 Å². The summed E-state index contributed by atoms with van der Waals surface area (Å²) in [5.74, 6) is 0. The molecule has 1 N–H and O–H groups in total. The molecule has 5 nitrogen and oxygen atoms in total. The number of halogens is 2. The van der Waals surface area contributed by atoms with Gasteiger partial charge in [-0.3, -0.25) is 10.1 Å². The fourth-order valence-corrected chi connectivity index (χ4v) is 3.18. The maximum absolute atomic E-state index is 10.8. The van der Waals surface area contributed by atoms with Crippen molar-refractivity contribution in [3.05, 3.63) is 46.9 Å². The molecule has 0 atom stereocenters. The second-order valence-electron chi connectivity index (χ2n) is 3.33. The third-order valence-corrected chi connectivity index (χ3v) is 4.51. The standard InChI is InChI=1S/C10H7BrIN3O2S/c11-7-2-1-6(3-8(7)15(16)17)13-5-10-14-4-9(12)18-10/h1-4,13H,5H2. The molecule has 8 heteroatoms. The quantitative estimate of drug-likeness (QED) is 0.443. The van der Waals surface area contributed by atoms with Gasteiger partial charge in [0.15, 0.2) is 0 Å². The fraction of sp³-hybridized carbons (Fsp3) is 0.100. The predicted octanol–water partition coefficient (Wildman–Crippen LogP) is 4.03. The Hall–Kier alpha value is -0.740. The molecule has 0 saturated carbocycles. The summed E-state index contributed by atoms with van der Waals surface area (Å²) >= 11 is 6.95. The molecule has 0 radical (unpaired) electrons. The Bertz CT molecular complexity index is 590. The first-order valence-electron chi connectivity index (χ1n) is 4.84. The van der Waals surface area contributed by atoms with E-state index in [1.807, 2.05) is 0 Å². The van der Waals surface area contributed by atoms with Crippen LogP contribution in [0.2, 0.25) is 0 Å². The van der Waals surface area contributed by atoms with Crippen molar-refractivity contribution in [1.82, 2.24) is 4.98 Å². The van der Waals surface area contributed by atoms with Crippen LogP contribution in [-0.2, 0) is 6.54 Å². The van der Waals surface area contributed by atoms with Gasteiger partial charge in [0.25, 0.3) is 5.69 Å². The lowest BCUT2D eigenvalue weighted by Crippen LogP contribution is -1.99. The van der Waals surface area contributed by atoms with Crippen molar-refractivity contribution in [2.45, 2.75) is 6.54 Å². The highest BCUT2D eigenvalue weighted by atomic mass is 127. The molecule has 0 bridgehead atoms. The van der Waals surface area contributed by atoms with Crippen molar-refractivity contribution in [3.63, 3.8) is 0 Å². The number of nitro benzene ring substituents is 1. The molecule has 2 aromatic rings. The van der Waals surface area contributed by atoms with Gasteiger partial charge in [-0.1, -0.05) is 0 Å². The zero-order chi connectivity index (χ0) is 13.1. The normalized spacial score (nSPS) is 10.3. The highest BCUT2D eigenvalue weighted by Crippen LogP contribution is 2.28. The molecule has 2 rings (SSSR count). The molecule has 0 aliphatic carbocycles. The Morgan fingerprint density at radius 3 is 2.94 bits per heavy atom. The molecule has 1 aromatic heterocycles. The van der Waals surface area contributed by atoms with Crippen molar-refractivity contribution in [1.29, 1.82) is 0 Å². The Kier molecular flexibility index (Phi) is 4.51. The molecule has 0 fully saturated rings. The second-order valence-corrected chi connectivity index (χ2v) is 7.20. The summed E-state index contributed by atoms with van der Waals surface area (Å²) in [5.41, 5.74) is 0.754. The van der Waals surface area contributed by atoms with Gasteiger partial charge in [0, 0.05) is 11.8 Å². The number of thiazole rings is 1. The Morgan fingerprint density at radius 2 is 2.33 bits per heavy atom. The summed E-state index contributed by atoms with van der Waals surface area (Å²) < 4.78 is 1.59. The topological polar surface area (TPSA) is 68.1 Å². The van der Waals surface area contributed by atoms with Gasteiger partial charge >= 0.3 is 0 Å². The average molecular weight is 440 g/mol. The highest BCUT2D eigenvalue weighted by Gasteiger charge is 2.12. The number of aromatic nitrogens is 1. The summed E-state index contributed by atoms with van der Waals surface area (Å²) in [6.07, 6.45) is 1.80. The van der Waals surface area contributed by atoms with Crippen LogP contribution in [0.15, 0.2) is 28.9 Å². The van der Waals surface area contributed by atoms with Crippen molar-refractivity contribution < 1.29 is 4.92 Å². The summed E-state index contributed by atoms with van der Waals surface area (Å²) in [5, 5.41) is 14.9. The van der Waals surface area contributed by atoms with Gasteiger partial charge in [-0.25, -0.2) is 4.98 Å². The number of rotatable bonds is 4. The van der Waals surface area contributed by atoms with Crippen LogP contribution in [0.3, 0.4) is 0 Å². The first-order valence-corrected chi connectivity index (χ1v) is 7.53. The van der Waals surface area contributed by atoms with Gasteiger partial charge in [0.2, 0.25) is 0 Å². The number of benzene rings is 1. The molecule has 0 amide bonds. The summed E-state index contributed by atoms with van der Waals surface area (Å²) in [6.45, 7) is 0.562. The minimum Gasteiger partial charge on any atom is -0.378 e. The van der Waals surface area contributed by atoms with Crippen LogP contribution in [0.4, 0.5) is 11.4 Å². The van der Waals surface area contributed by atoms with Gasteiger partial charge in [-0.05, 0) is 50.7 Å². The molecule has 1 aromatic carbocycles. The first kappa shape index (κ1) is 13.7. The van der Waals surface area contributed by atoms with E-state index in [1.54, 1.807) is 29.7 Å². The molecule has 1 heterocycles. The van der Waals surface area contributed by atoms with Gasteiger partial charge < -0.3 is 5.32 Å². The average Bonchev–Trinajstić information content (AvgIpc) is 2.74. The van der Waals surface area contributed by atoms with E-state index in [9.17, 15) is 10.1 Å². The number of hydrogen-bond donors (Lipinski definition) is 1. The zero-order valence-corrected chi connectivity index (χ0v) is 13.5. The second kappa shape index (κ2) is 5.93. The molecule has 0 aliphatic rings. The van der Waals surface area contributed by atoms with E-state index < -0.39 is 4.92 Å². The minimum absolute atomic E-state index is 0.0497. The third-order valence-electron chi connectivity index (χ3n) is 2.11. The van der Waals surface area contributed by atoms with E-state index >= 15 is 0 Å². The Labute approximate surface area is 129 Å². The molecular formula is C10H7BrIN3O2S. The van der Waals surface area contributed by atoms with Gasteiger partial charge in [-0.2, -0.15) is 0 Å². The van der Waals surface area contributed by atoms with Crippen LogP contribution in [0.5, 0.6) is 0 Å². The summed E-state index contributed by atoms with van der Waals surface area (Å²) in [4.78, 5) is 14.6. The lowest BCUT2D eigenvalue weighted by atomic mass is 10.3. The van der Waals surface area contributed by atoms with Crippen molar-refractivity contribution in [2.75, 3.05) is 5.32 Å². The van der Waals surface area contributed by atoms with Crippen LogP contribution in [-0.4, -0.2) is 9.91 Å². The SMILES string of the molecule is O=[N+]([O-])c1cc(NCc2ncc(I)s2)ccc1Br. The Balaban J connectivity index is 2.10. The van der Waals surface area contributed by atoms with Crippen LogP contribution in [0.1, 0.15) is 5.01 Å². The van der Waals surface area contributed by atoms with E-state index in [4.69, 9.17) is 0 Å². The molecule has 0 aliphatic heterocycles. The van der Waals surface area contributed by atoms with Gasteiger partial charge in [0.1, 0.15) is 5.01 Å².